The fraction of sp³-hybridized carbons (Fsp3) is 1.00. The molecular formula is C9H19ClN2. The van der Waals surface area contributed by atoms with Crippen LogP contribution in [0.15, 0.2) is 0 Å². The van der Waals surface area contributed by atoms with E-state index < -0.39 is 0 Å². The number of hydrogen-bond donors (Lipinski definition) is 0. The summed E-state index contributed by atoms with van der Waals surface area (Å²) < 4.78 is 0. The molecule has 1 unspecified atom stereocenters. The normalized spacial score (nSPS) is 27.8. The standard InChI is InChI=1S/C9H19ClN2/c1-9-8-12(5-3-4-10)7-6-11(9)2/h9H,3-8H2,1-2H3. The third-order valence-corrected chi connectivity index (χ3v) is 2.92. The summed E-state index contributed by atoms with van der Waals surface area (Å²) in [6, 6.07) is 0.703. The van der Waals surface area contributed by atoms with Crippen LogP contribution >= 0.6 is 11.6 Å². The van der Waals surface area contributed by atoms with E-state index in [1.807, 2.05) is 0 Å². The highest BCUT2D eigenvalue weighted by Crippen LogP contribution is 2.07. The molecule has 1 aliphatic heterocycles. The average Bonchev–Trinajstić information content (AvgIpc) is 2.07. The van der Waals surface area contributed by atoms with Crippen molar-refractivity contribution in [2.75, 3.05) is 39.1 Å². The van der Waals surface area contributed by atoms with Gasteiger partial charge in [-0.3, -0.25) is 0 Å². The molecule has 0 N–H and O–H groups in total. The molecule has 0 radical (unpaired) electrons. The van der Waals surface area contributed by atoms with Crippen LogP contribution in [-0.2, 0) is 0 Å². The molecule has 0 amide bonds. The third kappa shape index (κ3) is 2.92. The molecule has 3 heteroatoms. The fourth-order valence-electron chi connectivity index (χ4n) is 1.61. The zero-order chi connectivity index (χ0) is 8.97. The second-order valence-corrected chi connectivity index (χ2v) is 4.05. The number of halogens is 1. The summed E-state index contributed by atoms with van der Waals surface area (Å²) >= 11 is 5.65. The summed E-state index contributed by atoms with van der Waals surface area (Å²) in [7, 11) is 2.20. The van der Waals surface area contributed by atoms with Crippen LogP contribution in [0, 0.1) is 0 Å². The maximum atomic E-state index is 5.65. The molecule has 2 nitrogen and oxygen atoms in total. The van der Waals surface area contributed by atoms with Gasteiger partial charge in [-0.2, -0.15) is 0 Å². The summed E-state index contributed by atoms with van der Waals surface area (Å²) in [6.45, 7) is 7.06. The van der Waals surface area contributed by atoms with Gasteiger partial charge in [0.15, 0.2) is 0 Å². The molecule has 1 aliphatic rings. The maximum Gasteiger partial charge on any atom is 0.0235 e. The molecule has 0 aromatic heterocycles. The van der Waals surface area contributed by atoms with E-state index in [0.29, 0.717) is 6.04 Å². The van der Waals surface area contributed by atoms with Crippen LogP contribution in [0.1, 0.15) is 13.3 Å². The second kappa shape index (κ2) is 5.05. The minimum absolute atomic E-state index is 0.703. The Morgan fingerprint density at radius 1 is 1.42 bits per heavy atom. The lowest BCUT2D eigenvalue weighted by atomic mass is 10.2. The van der Waals surface area contributed by atoms with Gasteiger partial charge in [0.1, 0.15) is 0 Å². The van der Waals surface area contributed by atoms with Crippen molar-refractivity contribution in [3.05, 3.63) is 0 Å². The van der Waals surface area contributed by atoms with Crippen molar-refractivity contribution >= 4 is 11.6 Å². The first kappa shape index (κ1) is 10.3. The van der Waals surface area contributed by atoms with E-state index in [9.17, 15) is 0 Å². The zero-order valence-electron chi connectivity index (χ0n) is 8.09. The van der Waals surface area contributed by atoms with Crippen molar-refractivity contribution in [2.24, 2.45) is 0 Å². The van der Waals surface area contributed by atoms with Crippen molar-refractivity contribution < 1.29 is 0 Å². The quantitative estimate of drug-likeness (QED) is 0.619. The number of piperazine rings is 1. The Balaban J connectivity index is 2.21. The predicted molar refractivity (Wildman–Crippen MR) is 53.9 cm³/mol. The van der Waals surface area contributed by atoms with E-state index >= 15 is 0 Å². The Bertz CT molecular complexity index is 128. The molecule has 72 valence electrons. The lowest BCUT2D eigenvalue weighted by molar-refractivity contribution is 0.105. The molecule has 0 aliphatic carbocycles. The molecule has 0 saturated carbocycles. The maximum absolute atomic E-state index is 5.65. The van der Waals surface area contributed by atoms with Gasteiger partial charge in [0.2, 0.25) is 0 Å². The first-order chi connectivity index (χ1) is 5.74. The van der Waals surface area contributed by atoms with Crippen LogP contribution in [-0.4, -0.2) is 54.9 Å². The minimum atomic E-state index is 0.703. The van der Waals surface area contributed by atoms with Crippen LogP contribution in [0.4, 0.5) is 0 Å². The van der Waals surface area contributed by atoms with Gasteiger partial charge in [-0.05, 0) is 26.9 Å². The molecule has 12 heavy (non-hydrogen) atoms. The SMILES string of the molecule is CC1CN(CCCCl)CCN1C. The van der Waals surface area contributed by atoms with Crippen LogP contribution in [0.5, 0.6) is 0 Å². The summed E-state index contributed by atoms with van der Waals surface area (Å²) in [6.07, 6.45) is 1.12. The Hall–Kier alpha value is 0.210. The van der Waals surface area contributed by atoms with Crippen LogP contribution in [0.3, 0.4) is 0 Å². The van der Waals surface area contributed by atoms with Crippen molar-refractivity contribution in [1.82, 2.24) is 9.80 Å². The van der Waals surface area contributed by atoms with Gasteiger partial charge < -0.3 is 9.80 Å². The van der Waals surface area contributed by atoms with Crippen LogP contribution < -0.4 is 0 Å². The highest BCUT2D eigenvalue weighted by molar-refractivity contribution is 6.17. The van der Waals surface area contributed by atoms with Gasteiger partial charge >= 0.3 is 0 Å². The molecular weight excluding hydrogens is 172 g/mol. The van der Waals surface area contributed by atoms with E-state index in [4.69, 9.17) is 11.6 Å². The summed E-state index contributed by atoms with van der Waals surface area (Å²) in [4.78, 5) is 4.92. The largest absolute Gasteiger partial charge is 0.301 e. The summed E-state index contributed by atoms with van der Waals surface area (Å²) in [5.41, 5.74) is 0. The number of hydrogen-bond acceptors (Lipinski definition) is 2. The summed E-state index contributed by atoms with van der Waals surface area (Å²) in [5, 5.41) is 0. The monoisotopic (exact) mass is 190 g/mol. The molecule has 1 fully saturated rings. The first-order valence-corrected chi connectivity index (χ1v) is 5.26. The molecule has 1 rings (SSSR count). The first-order valence-electron chi connectivity index (χ1n) is 4.72. The smallest absolute Gasteiger partial charge is 0.0235 e. The molecule has 1 atom stereocenters. The Labute approximate surface area is 80.5 Å². The minimum Gasteiger partial charge on any atom is -0.301 e. The molecule has 0 aromatic rings. The lowest BCUT2D eigenvalue weighted by Gasteiger charge is -2.37. The topological polar surface area (TPSA) is 6.48 Å². The van der Waals surface area contributed by atoms with Crippen LogP contribution in [0.2, 0.25) is 0 Å². The lowest BCUT2D eigenvalue weighted by Crippen LogP contribution is -2.50. The van der Waals surface area contributed by atoms with Crippen molar-refractivity contribution in [1.29, 1.82) is 0 Å². The van der Waals surface area contributed by atoms with Gasteiger partial charge in [-0.25, -0.2) is 0 Å². The number of likely N-dealkylation sites (N-methyl/N-ethyl adjacent to an activating group) is 1. The van der Waals surface area contributed by atoms with E-state index in [1.165, 1.54) is 26.2 Å². The zero-order valence-corrected chi connectivity index (χ0v) is 8.85. The highest BCUT2D eigenvalue weighted by atomic mass is 35.5. The molecule has 1 saturated heterocycles. The Morgan fingerprint density at radius 3 is 2.75 bits per heavy atom. The van der Waals surface area contributed by atoms with Gasteiger partial charge in [-0.1, -0.05) is 0 Å². The average molecular weight is 191 g/mol. The molecule has 0 bridgehead atoms. The van der Waals surface area contributed by atoms with Crippen molar-refractivity contribution in [2.45, 2.75) is 19.4 Å². The molecule has 0 aromatic carbocycles. The number of rotatable bonds is 3. The van der Waals surface area contributed by atoms with Gasteiger partial charge in [0, 0.05) is 31.6 Å². The Morgan fingerprint density at radius 2 is 2.17 bits per heavy atom. The third-order valence-electron chi connectivity index (χ3n) is 2.65. The number of alkyl halides is 1. The van der Waals surface area contributed by atoms with Crippen LogP contribution in [0.25, 0.3) is 0 Å². The summed E-state index contributed by atoms with van der Waals surface area (Å²) in [5.74, 6) is 0.792. The molecule has 1 heterocycles. The van der Waals surface area contributed by atoms with Crippen molar-refractivity contribution in [3.8, 4) is 0 Å². The van der Waals surface area contributed by atoms with E-state index in [0.717, 1.165) is 12.3 Å². The highest BCUT2D eigenvalue weighted by Gasteiger charge is 2.19. The predicted octanol–water partition coefficient (Wildman–Crippen LogP) is 1.25. The van der Waals surface area contributed by atoms with E-state index in [1.54, 1.807) is 0 Å². The van der Waals surface area contributed by atoms with Gasteiger partial charge in [0.25, 0.3) is 0 Å². The fourth-order valence-corrected chi connectivity index (χ4v) is 1.73. The van der Waals surface area contributed by atoms with Gasteiger partial charge in [-0.15, -0.1) is 11.6 Å². The van der Waals surface area contributed by atoms with Crippen molar-refractivity contribution in [3.63, 3.8) is 0 Å². The van der Waals surface area contributed by atoms with Gasteiger partial charge in [0.05, 0.1) is 0 Å². The number of nitrogens with zero attached hydrogens (tertiary/aromatic N) is 2. The molecule has 0 spiro atoms. The Kier molecular flexibility index (Phi) is 4.33. The van der Waals surface area contributed by atoms with E-state index in [-0.39, 0.29) is 0 Å². The second-order valence-electron chi connectivity index (χ2n) is 3.67. The van der Waals surface area contributed by atoms with E-state index in [2.05, 4.69) is 23.8 Å².